The van der Waals surface area contributed by atoms with Gasteiger partial charge in [-0.2, -0.15) is 0 Å². The summed E-state index contributed by atoms with van der Waals surface area (Å²) in [6.07, 6.45) is 2.72. The Labute approximate surface area is 135 Å². The summed E-state index contributed by atoms with van der Waals surface area (Å²) in [6, 6.07) is 8.54. The van der Waals surface area contributed by atoms with Crippen LogP contribution in [0.3, 0.4) is 0 Å². The molecule has 2 aromatic rings. The predicted octanol–water partition coefficient (Wildman–Crippen LogP) is 3.31. The van der Waals surface area contributed by atoms with E-state index in [1.807, 2.05) is 6.92 Å². The average Bonchev–Trinajstić information content (AvgIpc) is 2.92. The van der Waals surface area contributed by atoms with Crippen molar-refractivity contribution in [3.8, 4) is 11.3 Å². The molecule has 110 valence electrons. The van der Waals surface area contributed by atoms with E-state index in [9.17, 15) is 0 Å². The fourth-order valence-electron chi connectivity index (χ4n) is 1.89. The number of aromatic nitrogens is 1. The Hall–Kier alpha value is -1.72. The summed E-state index contributed by atoms with van der Waals surface area (Å²) in [5.41, 5.74) is 3.50. The van der Waals surface area contributed by atoms with E-state index in [-0.39, 0.29) is 0 Å². The zero-order valence-electron chi connectivity index (χ0n) is 12.1. The van der Waals surface area contributed by atoms with Gasteiger partial charge < -0.3 is 10.6 Å². The minimum absolute atomic E-state index is 0.671. The smallest absolute Gasteiger partial charge is 0.166 e. The van der Waals surface area contributed by atoms with E-state index in [1.54, 1.807) is 17.4 Å². The zero-order valence-corrected chi connectivity index (χ0v) is 13.7. The van der Waals surface area contributed by atoms with E-state index >= 15 is 0 Å². The molecule has 2 N–H and O–H groups in total. The molecule has 2 rings (SSSR count). The Balaban J connectivity index is 1.82. The molecule has 0 unspecified atom stereocenters. The number of benzene rings is 1. The lowest BCUT2D eigenvalue weighted by Crippen LogP contribution is -2.36. The Morgan fingerprint density at radius 3 is 2.71 bits per heavy atom. The van der Waals surface area contributed by atoms with Gasteiger partial charge in [-0.05, 0) is 31.1 Å². The lowest BCUT2D eigenvalue weighted by Gasteiger charge is -2.09. The van der Waals surface area contributed by atoms with Crippen LogP contribution in [0.25, 0.3) is 11.3 Å². The molecule has 1 aromatic heterocycles. The number of rotatable bonds is 6. The normalized spacial score (nSPS) is 10.1. The van der Waals surface area contributed by atoms with Crippen LogP contribution < -0.4 is 10.6 Å². The van der Waals surface area contributed by atoms with Crippen LogP contribution in [0.4, 0.5) is 0 Å². The van der Waals surface area contributed by atoms with Crippen LogP contribution in [-0.4, -0.2) is 23.2 Å². The Morgan fingerprint density at radius 2 is 2.10 bits per heavy atom. The summed E-state index contributed by atoms with van der Waals surface area (Å²) >= 11 is 6.82. The van der Waals surface area contributed by atoms with Crippen LogP contribution in [-0.2, 0) is 6.42 Å². The molecule has 3 nitrogen and oxygen atoms in total. The molecule has 0 amide bonds. The van der Waals surface area contributed by atoms with E-state index in [0.29, 0.717) is 11.7 Å². The molecule has 1 aromatic carbocycles. The molecule has 0 aliphatic rings. The number of aryl methyl sites for hydroxylation is 1. The molecule has 5 heteroatoms. The van der Waals surface area contributed by atoms with Gasteiger partial charge in [-0.15, -0.1) is 17.9 Å². The van der Waals surface area contributed by atoms with Crippen LogP contribution >= 0.6 is 23.6 Å². The lowest BCUT2D eigenvalue weighted by atomic mass is 10.1. The van der Waals surface area contributed by atoms with E-state index < -0.39 is 0 Å². The molecule has 21 heavy (non-hydrogen) atoms. The van der Waals surface area contributed by atoms with Gasteiger partial charge in [0.05, 0.1) is 10.7 Å². The molecule has 0 aliphatic carbocycles. The monoisotopic (exact) mass is 317 g/mol. The highest BCUT2D eigenvalue weighted by Crippen LogP contribution is 2.21. The number of hydrogen-bond acceptors (Lipinski definition) is 3. The highest BCUT2D eigenvalue weighted by molar-refractivity contribution is 7.80. The first-order chi connectivity index (χ1) is 10.2. The van der Waals surface area contributed by atoms with Gasteiger partial charge in [0.2, 0.25) is 0 Å². The first-order valence-electron chi connectivity index (χ1n) is 6.83. The molecule has 0 atom stereocenters. The Kier molecular flexibility index (Phi) is 5.90. The highest BCUT2D eigenvalue weighted by Gasteiger charge is 2.02. The summed E-state index contributed by atoms with van der Waals surface area (Å²) < 4.78 is 0. The summed E-state index contributed by atoms with van der Waals surface area (Å²) in [7, 11) is 0. The summed E-state index contributed by atoms with van der Waals surface area (Å²) in [6.45, 7) is 7.17. The van der Waals surface area contributed by atoms with Crippen molar-refractivity contribution in [2.75, 3.05) is 13.1 Å². The van der Waals surface area contributed by atoms with Crippen molar-refractivity contribution >= 4 is 28.7 Å². The molecule has 0 spiro atoms. The molecule has 0 bridgehead atoms. The van der Waals surface area contributed by atoms with E-state index in [4.69, 9.17) is 12.2 Å². The quantitative estimate of drug-likeness (QED) is 0.633. The lowest BCUT2D eigenvalue weighted by molar-refractivity contribution is 0.840. The van der Waals surface area contributed by atoms with Crippen molar-refractivity contribution in [3.63, 3.8) is 0 Å². The van der Waals surface area contributed by atoms with Gasteiger partial charge in [0, 0.05) is 24.0 Å². The summed E-state index contributed by atoms with van der Waals surface area (Å²) in [5.74, 6) is 0. The SMILES string of the molecule is C=CCNC(=S)NCCc1ccc(-c2csc(C)n2)cc1. The minimum atomic E-state index is 0.671. The van der Waals surface area contributed by atoms with Crippen molar-refractivity contribution in [2.24, 2.45) is 0 Å². The van der Waals surface area contributed by atoms with E-state index in [1.165, 1.54) is 11.1 Å². The predicted molar refractivity (Wildman–Crippen MR) is 94.8 cm³/mol. The molecule has 0 saturated carbocycles. The summed E-state index contributed by atoms with van der Waals surface area (Å²) in [5, 5.41) is 10.1. The van der Waals surface area contributed by atoms with Crippen LogP contribution in [0.2, 0.25) is 0 Å². The molecule has 0 radical (unpaired) electrons. The second-order valence-corrected chi connectivity index (χ2v) is 6.09. The fourth-order valence-corrected chi connectivity index (χ4v) is 2.69. The van der Waals surface area contributed by atoms with E-state index in [0.717, 1.165) is 23.7 Å². The third kappa shape index (κ3) is 4.95. The molecular weight excluding hydrogens is 298 g/mol. The number of nitrogens with zero attached hydrogens (tertiary/aromatic N) is 1. The van der Waals surface area contributed by atoms with Crippen molar-refractivity contribution in [2.45, 2.75) is 13.3 Å². The van der Waals surface area contributed by atoms with Crippen molar-refractivity contribution in [3.05, 3.63) is 52.9 Å². The van der Waals surface area contributed by atoms with Crippen molar-refractivity contribution in [1.82, 2.24) is 15.6 Å². The third-order valence-electron chi connectivity index (χ3n) is 2.97. The zero-order chi connectivity index (χ0) is 15.1. The maximum absolute atomic E-state index is 5.14. The second kappa shape index (κ2) is 7.90. The van der Waals surface area contributed by atoms with Gasteiger partial charge in [0.25, 0.3) is 0 Å². The number of hydrogen-bond donors (Lipinski definition) is 2. The first kappa shape index (κ1) is 15.7. The molecule has 0 aliphatic heterocycles. The fraction of sp³-hybridized carbons (Fsp3) is 0.250. The largest absolute Gasteiger partial charge is 0.362 e. The topological polar surface area (TPSA) is 37.0 Å². The molecule has 0 fully saturated rings. The Bertz CT molecular complexity index is 602. The first-order valence-corrected chi connectivity index (χ1v) is 8.12. The van der Waals surface area contributed by atoms with Gasteiger partial charge in [-0.3, -0.25) is 0 Å². The van der Waals surface area contributed by atoms with Crippen molar-refractivity contribution in [1.29, 1.82) is 0 Å². The molecular formula is C16H19N3S2. The van der Waals surface area contributed by atoms with Gasteiger partial charge in [0.15, 0.2) is 5.11 Å². The standard InChI is InChI=1S/C16H19N3S2/c1-3-9-17-16(20)18-10-8-13-4-6-14(7-5-13)15-11-21-12(2)19-15/h3-7,11H,1,8-10H2,2H3,(H2,17,18,20). The van der Waals surface area contributed by atoms with Gasteiger partial charge in [0.1, 0.15) is 0 Å². The average molecular weight is 317 g/mol. The summed E-state index contributed by atoms with van der Waals surface area (Å²) in [4.78, 5) is 4.50. The van der Waals surface area contributed by atoms with Gasteiger partial charge >= 0.3 is 0 Å². The molecule has 1 heterocycles. The number of thiazole rings is 1. The van der Waals surface area contributed by atoms with Crippen molar-refractivity contribution < 1.29 is 0 Å². The maximum Gasteiger partial charge on any atom is 0.166 e. The minimum Gasteiger partial charge on any atom is -0.362 e. The van der Waals surface area contributed by atoms with Crippen LogP contribution in [0.1, 0.15) is 10.6 Å². The third-order valence-corrected chi connectivity index (χ3v) is 4.04. The number of nitrogens with one attached hydrogen (secondary N) is 2. The van der Waals surface area contributed by atoms with Crippen LogP contribution in [0, 0.1) is 6.92 Å². The number of thiocarbonyl (C=S) groups is 1. The Morgan fingerprint density at radius 1 is 1.33 bits per heavy atom. The molecule has 0 saturated heterocycles. The van der Waals surface area contributed by atoms with Gasteiger partial charge in [-0.1, -0.05) is 30.3 Å². The van der Waals surface area contributed by atoms with Gasteiger partial charge in [-0.25, -0.2) is 4.98 Å². The highest BCUT2D eigenvalue weighted by atomic mass is 32.1. The van der Waals surface area contributed by atoms with Crippen LogP contribution in [0.15, 0.2) is 42.3 Å². The maximum atomic E-state index is 5.14. The van der Waals surface area contributed by atoms with Crippen LogP contribution in [0.5, 0.6) is 0 Å². The van der Waals surface area contributed by atoms with E-state index in [2.05, 4.69) is 51.8 Å². The second-order valence-electron chi connectivity index (χ2n) is 4.62.